The number of thiazole rings is 1. The van der Waals surface area contributed by atoms with Gasteiger partial charge in [-0.3, -0.25) is 9.98 Å². The standard InChI is InChI=1S/C28H31F2N5OS/c1-5-17(2)6-11-22(31-3)23-12-20(21-13-24(27(29)30)33-16-26(21)36-4)25(15-32-23)35-28-34-14-19(37-28)10-9-18-7-8-18/h6,11-18,24,27,33H,5,7-8H2,1-4H3,(H,34,35)/b11-6-,31-22?. The topological polar surface area (TPSA) is 71.4 Å². The van der Waals surface area contributed by atoms with Crippen LogP contribution in [0.2, 0.25) is 0 Å². The van der Waals surface area contributed by atoms with Crippen LogP contribution in [-0.4, -0.2) is 42.3 Å². The number of methoxy groups -OCH3 is 1. The maximum absolute atomic E-state index is 13.6. The van der Waals surface area contributed by atoms with Gasteiger partial charge < -0.3 is 15.4 Å². The highest BCUT2D eigenvalue weighted by Gasteiger charge is 2.26. The van der Waals surface area contributed by atoms with Crippen molar-refractivity contribution in [1.29, 1.82) is 0 Å². The molecular formula is C28H31F2N5OS. The number of pyridine rings is 1. The molecule has 0 radical (unpaired) electrons. The van der Waals surface area contributed by atoms with Crippen LogP contribution >= 0.6 is 11.3 Å². The highest BCUT2D eigenvalue weighted by Crippen LogP contribution is 2.35. The van der Waals surface area contributed by atoms with Gasteiger partial charge in [0.2, 0.25) is 0 Å². The van der Waals surface area contributed by atoms with E-state index in [0.29, 0.717) is 51.0 Å². The van der Waals surface area contributed by atoms with Crippen molar-refractivity contribution in [2.45, 2.75) is 45.6 Å². The van der Waals surface area contributed by atoms with Gasteiger partial charge in [-0.05, 0) is 37.0 Å². The Hall–Kier alpha value is -3.51. The first-order chi connectivity index (χ1) is 17.9. The number of anilines is 2. The van der Waals surface area contributed by atoms with Gasteiger partial charge in [0.25, 0.3) is 6.43 Å². The third kappa shape index (κ3) is 6.83. The van der Waals surface area contributed by atoms with Gasteiger partial charge in [0, 0.05) is 30.3 Å². The van der Waals surface area contributed by atoms with Gasteiger partial charge in [0.1, 0.15) is 11.8 Å². The minimum Gasteiger partial charge on any atom is -0.495 e. The molecule has 2 atom stereocenters. The first-order valence-corrected chi connectivity index (χ1v) is 13.1. The van der Waals surface area contributed by atoms with E-state index in [1.165, 1.54) is 30.7 Å². The Balaban J connectivity index is 1.74. The lowest BCUT2D eigenvalue weighted by molar-refractivity contribution is 0.122. The van der Waals surface area contributed by atoms with E-state index in [2.05, 4.69) is 57.4 Å². The molecule has 1 fully saturated rings. The predicted octanol–water partition coefficient (Wildman–Crippen LogP) is 6.17. The summed E-state index contributed by atoms with van der Waals surface area (Å²) < 4.78 is 32.8. The summed E-state index contributed by atoms with van der Waals surface area (Å²) in [5.41, 5.74) is 3.13. The fraction of sp³-hybridized carbons (Fsp3) is 0.393. The second kappa shape index (κ2) is 12.2. The van der Waals surface area contributed by atoms with Crippen molar-refractivity contribution in [3.63, 3.8) is 0 Å². The summed E-state index contributed by atoms with van der Waals surface area (Å²) in [5.74, 6) is 7.75. The Morgan fingerprint density at radius 1 is 1.35 bits per heavy atom. The largest absolute Gasteiger partial charge is 0.495 e. The lowest BCUT2D eigenvalue weighted by Gasteiger charge is -2.24. The fourth-order valence-corrected chi connectivity index (χ4v) is 4.28. The molecule has 1 aliphatic carbocycles. The van der Waals surface area contributed by atoms with Crippen molar-refractivity contribution in [3.8, 4) is 11.8 Å². The summed E-state index contributed by atoms with van der Waals surface area (Å²) >= 11 is 1.44. The minimum atomic E-state index is -2.58. The molecule has 0 saturated heterocycles. The number of halogens is 2. The summed E-state index contributed by atoms with van der Waals surface area (Å²) in [6.07, 6.45) is 11.2. The molecule has 2 aromatic heterocycles. The van der Waals surface area contributed by atoms with Gasteiger partial charge in [-0.25, -0.2) is 13.8 Å². The minimum absolute atomic E-state index is 0.390. The average Bonchev–Trinajstić information content (AvgIpc) is 3.64. The Kier molecular flexibility index (Phi) is 8.72. The molecule has 2 N–H and O–H groups in total. The fourth-order valence-electron chi connectivity index (χ4n) is 3.59. The first-order valence-electron chi connectivity index (χ1n) is 12.3. The van der Waals surface area contributed by atoms with Crippen LogP contribution in [0.15, 0.2) is 53.6 Å². The Morgan fingerprint density at radius 2 is 2.16 bits per heavy atom. The molecule has 2 aromatic rings. The number of aliphatic imine (C=N–C) groups is 1. The van der Waals surface area contributed by atoms with E-state index in [9.17, 15) is 8.78 Å². The molecule has 3 heterocycles. The van der Waals surface area contributed by atoms with Crippen molar-refractivity contribution in [3.05, 3.63) is 64.8 Å². The number of nitrogens with zero attached hydrogens (tertiary/aromatic N) is 3. The molecular weight excluding hydrogens is 492 g/mol. The molecule has 1 saturated carbocycles. The molecule has 37 heavy (non-hydrogen) atoms. The van der Waals surface area contributed by atoms with Gasteiger partial charge in [-0.15, -0.1) is 0 Å². The van der Waals surface area contributed by atoms with Crippen LogP contribution in [0.1, 0.15) is 49.2 Å². The van der Waals surface area contributed by atoms with Crippen molar-refractivity contribution in [2.24, 2.45) is 16.8 Å². The average molecular weight is 524 g/mol. The molecule has 1 aliphatic heterocycles. The maximum Gasteiger partial charge on any atom is 0.261 e. The molecule has 2 unspecified atom stereocenters. The Labute approximate surface area is 220 Å². The third-order valence-corrected chi connectivity index (χ3v) is 6.99. The molecule has 0 amide bonds. The monoisotopic (exact) mass is 523 g/mol. The van der Waals surface area contributed by atoms with Crippen molar-refractivity contribution in [2.75, 3.05) is 19.5 Å². The van der Waals surface area contributed by atoms with Crippen LogP contribution in [0.4, 0.5) is 19.6 Å². The smallest absolute Gasteiger partial charge is 0.261 e. The van der Waals surface area contributed by atoms with Crippen LogP contribution in [0, 0.1) is 23.7 Å². The van der Waals surface area contributed by atoms with Crippen LogP contribution in [-0.2, 0) is 4.74 Å². The maximum atomic E-state index is 13.6. The number of allylic oxidation sites excluding steroid dienone is 3. The van der Waals surface area contributed by atoms with Gasteiger partial charge in [-0.2, -0.15) is 0 Å². The number of rotatable bonds is 9. The predicted molar refractivity (Wildman–Crippen MR) is 146 cm³/mol. The lowest BCUT2D eigenvalue weighted by atomic mass is 9.97. The van der Waals surface area contributed by atoms with Crippen LogP contribution in [0.25, 0.3) is 5.57 Å². The van der Waals surface area contributed by atoms with Crippen molar-refractivity contribution >= 4 is 33.4 Å². The van der Waals surface area contributed by atoms with E-state index < -0.39 is 12.5 Å². The Morgan fingerprint density at radius 3 is 2.84 bits per heavy atom. The number of alkyl halides is 2. The Bertz CT molecular complexity index is 1300. The van der Waals surface area contributed by atoms with Crippen LogP contribution in [0.3, 0.4) is 0 Å². The molecule has 0 aromatic carbocycles. The van der Waals surface area contributed by atoms with Crippen LogP contribution < -0.4 is 10.6 Å². The summed E-state index contributed by atoms with van der Waals surface area (Å²) in [4.78, 5) is 14.4. The summed E-state index contributed by atoms with van der Waals surface area (Å²) in [5, 5.41) is 6.65. The number of aromatic nitrogens is 2. The van der Waals surface area contributed by atoms with E-state index in [-0.39, 0.29) is 0 Å². The molecule has 9 heteroatoms. The molecule has 194 valence electrons. The number of ether oxygens (including phenoxy) is 1. The van der Waals surface area contributed by atoms with Gasteiger partial charge in [-0.1, -0.05) is 49.5 Å². The quantitative estimate of drug-likeness (QED) is 0.304. The molecule has 6 nitrogen and oxygen atoms in total. The van der Waals surface area contributed by atoms with Crippen molar-refractivity contribution < 1.29 is 13.5 Å². The zero-order chi connectivity index (χ0) is 26.4. The third-order valence-electron chi connectivity index (χ3n) is 6.16. The number of dihydropyridines is 1. The summed E-state index contributed by atoms with van der Waals surface area (Å²) in [6.45, 7) is 4.25. The van der Waals surface area contributed by atoms with E-state index >= 15 is 0 Å². The zero-order valence-corrected chi connectivity index (χ0v) is 22.2. The highest BCUT2D eigenvalue weighted by atomic mass is 32.1. The van der Waals surface area contributed by atoms with Gasteiger partial charge >= 0.3 is 0 Å². The van der Waals surface area contributed by atoms with E-state index in [4.69, 9.17) is 4.74 Å². The SMILES string of the molecule is CCC(C)/C=C\C(=NC)c1cc(C2=CC(C(F)F)NC=C2OC)c(Nc2ncc(C#CC3CC3)s2)cn1. The molecule has 0 bridgehead atoms. The second-order valence-electron chi connectivity index (χ2n) is 8.99. The molecule has 4 rings (SSSR count). The second-order valence-corrected chi connectivity index (χ2v) is 10.0. The normalized spacial score (nSPS) is 18.6. The first kappa shape index (κ1) is 26.6. The van der Waals surface area contributed by atoms with Gasteiger partial charge in [0.05, 0.1) is 41.5 Å². The van der Waals surface area contributed by atoms with E-state index in [1.807, 2.05) is 12.1 Å². The lowest BCUT2D eigenvalue weighted by Crippen LogP contribution is -2.33. The zero-order valence-electron chi connectivity index (χ0n) is 21.4. The summed E-state index contributed by atoms with van der Waals surface area (Å²) in [6, 6.07) is 0.701. The molecule has 2 aliphatic rings. The molecule has 0 spiro atoms. The summed E-state index contributed by atoms with van der Waals surface area (Å²) in [7, 11) is 3.22. The van der Waals surface area contributed by atoms with Crippen molar-refractivity contribution in [1.82, 2.24) is 15.3 Å². The van der Waals surface area contributed by atoms with Crippen LogP contribution in [0.5, 0.6) is 0 Å². The number of nitrogens with one attached hydrogen (secondary N) is 2. The van der Waals surface area contributed by atoms with E-state index in [1.54, 1.807) is 19.4 Å². The number of hydrogen-bond donors (Lipinski definition) is 2. The van der Waals surface area contributed by atoms with E-state index in [0.717, 1.165) is 24.1 Å². The highest BCUT2D eigenvalue weighted by molar-refractivity contribution is 7.16. The van der Waals surface area contributed by atoms with Gasteiger partial charge in [0.15, 0.2) is 5.13 Å². The number of hydrogen-bond acceptors (Lipinski definition) is 7.